The summed E-state index contributed by atoms with van der Waals surface area (Å²) < 4.78 is 0. The highest BCUT2D eigenvalue weighted by Gasteiger charge is 2.20. The monoisotopic (exact) mass is 380 g/mol. The van der Waals surface area contributed by atoms with Gasteiger partial charge in [0.25, 0.3) is 0 Å². The summed E-state index contributed by atoms with van der Waals surface area (Å²) in [6.45, 7) is 5.05. The molecular weight excluding hydrogens is 360 g/mol. The maximum atomic E-state index is 12.9. The molecule has 0 saturated carbocycles. The van der Waals surface area contributed by atoms with E-state index in [1.807, 2.05) is 0 Å². The van der Waals surface area contributed by atoms with Crippen LogP contribution in [0.1, 0.15) is 43.6 Å². The second kappa shape index (κ2) is 8.39. The molecule has 0 N–H and O–H groups in total. The van der Waals surface area contributed by atoms with Crippen molar-refractivity contribution in [3.8, 4) is 0 Å². The number of benzene rings is 2. The minimum atomic E-state index is -0.461. The van der Waals surface area contributed by atoms with Crippen LogP contribution in [0.25, 0.3) is 0 Å². The fourth-order valence-electron chi connectivity index (χ4n) is 2.91. The summed E-state index contributed by atoms with van der Waals surface area (Å²) in [5.74, 6) is -2.21. The van der Waals surface area contributed by atoms with E-state index in [-0.39, 0.29) is 28.3 Å². The van der Waals surface area contributed by atoms with E-state index >= 15 is 0 Å². The van der Waals surface area contributed by atoms with Gasteiger partial charge in [-0.05, 0) is 24.3 Å². The lowest BCUT2D eigenvalue weighted by Gasteiger charge is -2.18. The van der Waals surface area contributed by atoms with E-state index in [2.05, 4.69) is 0 Å². The number of nitrogens with zero attached hydrogens (tertiary/aromatic N) is 2. The van der Waals surface area contributed by atoms with Crippen LogP contribution >= 0.6 is 0 Å². The van der Waals surface area contributed by atoms with Gasteiger partial charge in [0.2, 0.25) is 23.6 Å². The van der Waals surface area contributed by atoms with Crippen molar-refractivity contribution < 1.29 is 24.0 Å². The minimum absolute atomic E-state index is 0.263. The Balaban J connectivity index is 2.45. The van der Waals surface area contributed by atoms with E-state index in [1.165, 1.54) is 39.8 Å². The molecule has 0 spiro atoms. The predicted molar refractivity (Wildman–Crippen MR) is 104 cm³/mol. The first kappa shape index (κ1) is 20.7. The number of carbonyl (C=O) groups is 5. The Labute approximate surface area is 162 Å². The summed E-state index contributed by atoms with van der Waals surface area (Å²) in [5.41, 5.74) is 1.10. The van der Waals surface area contributed by atoms with Crippen molar-refractivity contribution in [2.45, 2.75) is 27.7 Å². The third-order valence-corrected chi connectivity index (χ3v) is 3.99. The van der Waals surface area contributed by atoms with E-state index in [1.54, 1.807) is 36.4 Å². The molecule has 7 nitrogen and oxygen atoms in total. The highest BCUT2D eigenvalue weighted by Crippen LogP contribution is 2.22. The molecule has 0 aliphatic heterocycles. The Morgan fingerprint density at radius 1 is 0.571 bits per heavy atom. The molecule has 0 aromatic heterocycles. The van der Waals surface area contributed by atoms with E-state index in [9.17, 15) is 24.0 Å². The van der Waals surface area contributed by atoms with Crippen LogP contribution in [0.3, 0.4) is 0 Å². The number of anilines is 2. The normalized spacial score (nSPS) is 10.1. The van der Waals surface area contributed by atoms with Gasteiger partial charge in [-0.25, -0.2) is 0 Å². The molecule has 0 heterocycles. The summed E-state index contributed by atoms with van der Waals surface area (Å²) >= 11 is 0. The van der Waals surface area contributed by atoms with Gasteiger partial charge < -0.3 is 0 Å². The average Bonchev–Trinajstić information content (AvgIpc) is 2.60. The van der Waals surface area contributed by atoms with E-state index in [4.69, 9.17) is 0 Å². The number of carbonyl (C=O) groups excluding carboxylic acids is 5. The van der Waals surface area contributed by atoms with Gasteiger partial charge in [0.15, 0.2) is 5.78 Å². The number of amides is 4. The second-order valence-electron chi connectivity index (χ2n) is 6.18. The topological polar surface area (TPSA) is 91.8 Å². The van der Waals surface area contributed by atoms with Gasteiger partial charge in [0.1, 0.15) is 0 Å². The number of rotatable bonds is 4. The van der Waals surface area contributed by atoms with Gasteiger partial charge in [-0.2, -0.15) is 0 Å². The quantitative estimate of drug-likeness (QED) is 0.761. The molecule has 0 aliphatic carbocycles. The highest BCUT2D eigenvalue weighted by molar-refractivity contribution is 6.16. The first-order valence-electron chi connectivity index (χ1n) is 8.50. The lowest BCUT2D eigenvalue weighted by molar-refractivity contribution is -0.125. The molecule has 2 aromatic carbocycles. The van der Waals surface area contributed by atoms with Gasteiger partial charge in [0.05, 0.1) is 11.4 Å². The molecule has 0 radical (unpaired) electrons. The number of hydrogen-bond acceptors (Lipinski definition) is 5. The molecule has 2 rings (SSSR count). The summed E-state index contributed by atoms with van der Waals surface area (Å²) in [6, 6.07) is 12.3. The molecular formula is C21H20N2O5. The summed E-state index contributed by atoms with van der Waals surface area (Å²) in [6.07, 6.45) is 0. The van der Waals surface area contributed by atoms with Crippen LogP contribution in [0.4, 0.5) is 11.4 Å². The third kappa shape index (κ3) is 4.37. The predicted octanol–water partition coefficient (Wildman–Crippen LogP) is 2.72. The standard InChI is InChI=1S/C21H20N2O5/c1-13(24)22(14(2)25)19-9-5-7-17(11-19)21(28)18-8-6-10-20(12-18)23(15(3)26)16(4)27/h5-12H,1-4H3. The van der Waals surface area contributed by atoms with Crippen LogP contribution in [0.15, 0.2) is 48.5 Å². The maximum Gasteiger partial charge on any atom is 0.230 e. The Morgan fingerprint density at radius 2 is 0.893 bits per heavy atom. The largest absolute Gasteiger partial charge is 0.289 e. The van der Waals surface area contributed by atoms with Crippen LogP contribution < -0.4 is 9.80 Å². The zero-order chi connectivity index (χ0) is 21.0. The maximum absolute atomic E-state index is 12.9. The van der Waals surface area contributed by atoms with Crippen LogP contribution in [0, 0.1) is 0 Å². The lowest BCUT2D eigenvalue weighted by Crippen LogP contribution is -2.33. The third-order valence-electron chi connectivity index (χ3n) is 3.99. The minimum Gasteiger partial charge on any atom is -0.289 e. The molecule has 0 saturated heterocycles. The molecule has 144 valence electrons. The fourth-order valence-corrected chi connectivity index (χ4v) is 2.91. The van der Waals surface area contributed by atoms with Crippen molar-refractivity contribution in [2.24, 2.45) is 0 Å². The van der Waals surface area contributed by atoms with Crippen molar-refractivity contribution in [3.05, 3.63) is 59.7 Å². The van der Waals surface area contributed by atoms with Gasteiger partial charge in [-0.15, -0.1) is 0 Å². The molecule has 28 heavy (non-hydrogen) atoms. The van der Waals surface area contributed by atoms with Crippen molar-refractivity contribution in [3.63, 3.8) is 0 Å². The Morgan fingerprint density at radius 3 is 1.18 bits per heavy atom. The number of ketones is 1. The van der Waals surface area contributed by atoms with Gasteiger partial charge in [-0.1, -0.05) is 24.3 Å². The van der Waals surface area contributed by atoms with Crippen molar-refractivity contribution in [2.75, 3.05) is 9.80 Å². The molecule has 7 heteroatoms. The molecule has 0 aliphatic rings. The number of imide groups is 2. The van der Waals surface area contributed by atoms with Crippen LogP contribution in [-0.4, -0.2) is 29.4 Å². The lowest BCUT2D eigenvalue weighted by atomic mass is 10.0. The number of hydrogen-bond donors (Lipinski definition) is 0. The van der Waals surface area contributed by atoms with Gasteiger partial charge >= 0.3 is 0 Å². The van der Waals surface area contributed by atoms with E-state index < -0.39 is 23.6 Å². The van der Waals surface area contributed by atoms with E-state index in [0.717, 1.165) is 9.80 Å². The molecule has 0 bridgehead atoms. The van der Waals surface area contributed by atoms with Crippen molar-refractivity contribution in [1.82, 2.24) is 0 Å². The SMILES string of the molecule is CC(=O)N(C(C)=O)c1cccc(C(=O)c2cccc(N(C(C)=O)C(C)=O)c2)c1. The molecule has 0 fully saturated rings. The van der Waals surface area contributed by atoms with Gasteiger partial charge in [-0.3, -0.25) is 33.8 Å². The van der Waals surface area contributed by atoms with Crippen molar-refractivity contribution in [1.29, 1.82) is 0 Å². The van der Waals surface area contributed by atoms with Crippen LogP contribution in [0.5, 0.6) is 0 Å². The summed E-state index contributed by atoms with van der Waals surface area (Å²) in [4.78, 5) is 61.8. The van der Waals surface area contributed by atoms with Crippen LogP contribution in [-0.2, 0) is 19.2 Å². The van der Waals surface area contributed by atoms with Crippen molar-refractivity contribution >= 4 is 40.8 Å². The second-order valence-corrected chi connectivity index (χ2v) is 6.18. The van der Waals surface area contributed by atoms with E-state index in [0.29, 0.717) is 0 Å². The first-order chi connectivity index (χ1) is 13.1. The zero-order valence-corrected chi connectivity index (χ0v) is 16.1. The summed E-state index contributed by atoms with van der Waals surface area (Å²) in [7, 11) is 0. The molecule has 0 atom stereocenters. The molecule has 2 aromatic rings. The smallest absolute Gasteiger partial charge is 0.230 e. The fraction of sp³-hybridized carbons (Fsp3) is 0.190. The Hall–Kier alpha value is -3.61. The molecule has 0 unspecified atom stereocenters. The summed E-state index contributed by atoms with van der Waals surface area (Å²) in [5, 5.41) is 0. The zero-order valence-electron chi connectivity index (χ0n) is 16.1. The average molecular weight is 380 g/mol. The van der Waals surface area contributed by atoms with Gasteiger partial charge in [0, 0.05) is 38.8 Å². The molecule has 4 amide bonds. The highest BCUT2D eigenvalue weighted by atomic mass is 16.2. The van der Waals surface area contributed by atoms with Crippen LogP contribution in [0.2, 0.25) is 0 Å². The first-order valence-corrected chi connectivity index (χ1v) is 8.50. The Kier molecular flexibility index (Phi) is 6.20. The Bertz CT molecular complexity index is 875.